The molecular weight excluding hydrogens is 364 g/mol. The SMILES string of the molecule is C=CCS(=O)(=O)C(C=C)[C@H]1CC[C@H]2[C@@H]3CC=C4CCCC[C@]4(C)[C@H]3CC[C@]12C. The van der Waals surface area contributed by atoms with E-state index in [1.807, 2.05) is 0 Å². The van der Waals surface area contributed by atoms with Crippen molar-refractivity contribution in [3.05, 3.63) is 37.0 Å². The minimum atomic E-state index is -3.20. The van der Waals surface area contributed by atoms with Crippen molar-refractivity contribution < 1.29 is 8.42 Å². The number of hydrogen-bond acceptors (Lipinski definition) is 2. The molecule has 3 heteroatoms. The molecule has 0 N–H and O–H groups in total. The molecule has 0 aromatic carbocycles. The van der Waals surface area contributed by atoms with Crippen molar-refractivity contribution in [1.82, 2.24) is 0 Å². The third-order valence-electron chi connectivity index (χ3n) is 9.48. The van der Waals surface area contributed by atoms with Gasteiger partial charge in [0.2, 0.25) is 0 Å². The fraction of sp³-hybridized carbons (Fsp3) is 0.760. The number of fused-ring (bicyclic) bond motifs is 5. The van der Waals surface area contributed by atoms with Crippen molar-refractivity contribution in [3.8, 4) is 0 Å². The van der Waals surface area contributed by atoms with Gasteiger partial charge in [-0.05, 0) is 85.9 Å². The second-order valence-electron chi connectivity index (χ2n) is 10.5. The molecule has 0 radical (unpaired) electrons. The summed E-state index contributed by atoms with van der Waals surface area (Å²) in [5, 5.41) is -0.419. The van der Waals surface area contributed by atoms with Gasteiger partial charge < -0.3 is 0 Å². The summed E-state index contributed by atoms with van der Waals surface area (Å²) in [6, 6.07) is 0. The smallest absolute Gasteiger partial charge is 0.160 e. The molecule has 2 nitrogen and oxygen atoms in total. The molecule has 0 bridgehead atoms. The van der Waals surface area contributed by atoms with Gasteiger partial charge in [0, 0.05) is 0 Å². The first-order valence-electron chi connectivity index (χ1n) is 11.4. The molecule has 4 aliphatic carbocycles. The lowest BCUT2D eigenvalue weighted by Gasteiger charge is -2.58. The van der Waals surface area contributed by atoms with Crippen molar-refractivity contribution >= 4 is 9.84 Å². The van der Waals surface area contributed by atoms with Crippen LogP contribution in [0.2, 0.25) is 0 Å². The summed E-state index contributed by atoms with van der Waals surface area (Å²) >= 11 is 0. The van der Waals surface area contributed by atoms with Crippen LogP contribution in [0.1, 0.15) is 71.6 Å². The van der Waals surface area contributed by atoms with E-state index in [4.69, 9.17) is 0 Å². The predicted molar refractivity (Wildman–Crippen MR) is 118 cm³/mol. The van der Waals surface area contributed by atoms with Gasteiger partial charge in [0.05, 0.1) is 11.0 Å². The zero-order valence-corrected chi connectivity index (χ0v) is 18.6. The van der Waals surface area contributed by atoms with Crippen LogP contribution in [0.5, 0.6) is 0 Å². The first kappa shape index (κ1) is 20.4. The summed E-state index contributed by atoms with van der Waals surface area (Å²) in [5.41, 5.74) is 2.29. The molecule has 4 aliphatic rings. The summed E-state index contributed by atoms with van der Waals surface area (Å²) in [6.07, 6.45) is 17.2. The number of allylic oxidation sites excluding steroid dienone is 2. The van der Waals surface area contributed by atoms with Crippen LogP contribution >= 0.6 is 0 Å². The van der Waals surface area contributed by atoms with E-state index in [9.17, 15) is 8.42 Å². The Morgan fingerprint density at radius 3 is 2.64 bits per heavy atom. The largest absolute Gasteiger partial charge is 0.228 e. The molecule has 0 amide bonds. The Hall–Kier alpha value is -0.830. The summed E-state index contributed by atoms with van der Waals surface area (Å²) in [5.74, 6) is 2.48. The molecule has 0 heterocycles. The van der Waals surface area contributed by atoms with E-state index in [1.54, 1.807) is 11.6 Å². The maximum Gasteiger partial charge on any atom is 0.160 e. The first-order valence-corrected chi connectivity index (χ1v) is 13.1. The predicted octanol–water partition coefficient (Wildman–Crippen LogP) is 6.11. The van der Waals surface area contributed by atoms with Gasteiger partial charge in [-0.1, -0.05) is 44.1 Å². The van der Waals surface area contributed by atoms with Crippen LogP contribution in [-0.4, -0.2) is 19.4 Å². The summed E-state index contributed by atoms with van der Waals surface area (Å²) in [4.78, 5) is 0. The van der Waals surface area contributed by atoms with E-state index in [0.29, 0.717) is 11.3 Å². The third kappa shape index (κ3) is 2.90. The van der Waals surface area contributed by atoms with Crippen molar-refractivity contribution in [2.75, 3.05) is 5.75 Å². The third-order valence-corrected chi connectivity index (χ3v) is 11.5. The van der Waals surface area contributed by atoms with Gasteiger partial charge in [0.25, 0.3) is 0 Å². The van der Waals surface area contributed by atoms with Crippen LogP contribution in [0.4, 0.5) is 0 Å². The minimum Gasteiger partial charge on any atom is -0.228 e. The zero-order chi connectivity index (χ0) is 20.2. The quantitative estimate of drug-likeness (QED) is 0.520. The van der Waals surface area contributed by atoms with Crippen LogP contribution < -0.4 is 0 Å². The lowest BCUT2D eigenvalue weighted by Crippen LogP contribution is -2.51. The highest BCUT2D eigenvalue weighted by Gasteiger charge is 2.60. The van der Waals surface area contributed by atoms with Crippen LogP contribution in [0.25, 0.3) is 0 Å². The average molecular weight is 403 g/mol. The summed E-state index contributed by atoms with van der Waals surface area (Å²) in [7, 11) is -3.20. The summed E-state index contributed by atoms with van der Waals surface area (Å²) < 4.78 is 25.9. The molecule has 0 aromatic rings. The van der Waals surface area contributed by atoms with Gasteiger partial charge in [-0.2, -0.15) is 0 Å². The van der Waals surface area contributed by atoms with E-state index in [1.165, 1.54) is 57.4 Å². The zero-order valence-electron chi connectivity index (χ0n) is 17.8. The first-order chi connectivity index (χ1) is 13.3. The molecule has 4 rings (SSSR count). The van der Waals surface area contributed by atoms with Gasteiger partial charge >= 0.3 is 0 Å². The van der Waals surface area contributed by atoms with Gasteiger partial charge in [-0.3, -0.25) is 0 Å². The molecule has 3 saturated carbocycles. The molecule has 0 spiro atoms. The highest BCUT2D eigenvalue weighted by atomic mass is 32.2. The van der Waals surface area contributed by atoms with E-state index < -0.39 is 15.1 Å². The average Bonchev–Trinajstić information content (AvgIpc) is 2.99. The van der Waals surface area contributed by atoms with E-state index >= 15 is 0 Å². The normalized spacial score (nSPS) is 43.9. The number of sulfone groups is 1. The van der Waals surface area contributed by atoms with Crippen molar-refractivity contribution in [2.24, 2.45) is 34.5 Å². The van der Waals surface area contributed by atoms with Gasteiger partial charge in [-0.15, -0.1) is 13.2 Å². The maximum absolute atomic E-state index is 12.9. The Labute approximate surface area is 172 Å². The highest BCUT2D eigenvalue weighted by molar-refractivity contribution is 7.92. The lowest BCUT2D eigenvalue weighted by atomic mass is 9.47. The maximum atomic E-state index is 12.9. The molecule has 28 heavy (non-hydrogen) atoms. The van der Waals surface area contributed by atoms with Crippen molar-refractivity contribution in [2.45, 2.75) is 76.9 Å². The molecule has 1 unspecified atom stereocenters. The molecular formula is C25H38O2S. The second kappa shape index (κ2) is 7.15. The number of rotatable bonds is 5. The molecule has 0 saturated heterocycles. The fourth-order valence-corrected chi connectivity index (χ4v) is 9.91. The Bertz CT molecular complexity index is 778. The van der Waals surface area contributed by atoms with Crippen molar-refractivity contribution in [3.63, 3.8) is 0 Å². The number of hydrogen-bond donors (Lipinski definition) is 0. The van der Waals surface area contributed by atoms with Gasteiger partial charge in [0.1, 0.15) is 0 Å². The lowest BCUT2D eigenvalue weighted by molar-refractivity contribution is -0.0401. The van der Waals surface area contributed by atoms with E-state index in [-0.39, 0.29) is 17.1 Å². The van der Waals surface area contributed by atoms with Gasteiger partial charge in [0.15, 0.2) is 9.84 Å². The Balaban J connectivity index is 1.64. The van der Waals surface area contributed by atoms with Crippen LogP contribution in [0.3, 0.4) is 0 Å². The van der Waals surface area contributed by atoms with E-state index in [0.717, 1.165) is 18.3 Å². The minimum absolute atomic E-state index is 0.0666. The molecule has 3 fully saturated rings. The van der Waals surface area contributed by atoms with Crippen LogP contribution in [0, 0.1) is 34.5 Å². The Kier molecular flexibility index (Phi) is 5.22. The molecule has 0 aromatic heterocycles. The second-order valence-corrected chi connectivity index (χ2v) is 12.7. The highest BCUT2D eigenvalue weighted by Crippen LogP contribution is 2.67. The van der Waals surface area contributed by atoms with E-state index in [2.05, 4.69) is 33.1 Å². The molecule has 7 atom stereocenters. The topological polar surface area (TPSA) is 34.1 Å². The standard InChI is InChI=1S/C25H38O2S/c1-5-17-28(26,27)23(6-2)22-13-12-20-19-11-10-18-9-7-8-15-24(18,3)21(19)14-16-25(20,22)4/h5-6,10,19-23H,1-2,7-9,11-17H2,3-4H3/t19-,20-,21-,22+,23?,24-,25-/m0/s1. The Morgan fingerprint density at radius 1 is 1.14 bits per heavy atom. The van der Waals surface area contributed by atoms with Crippen LogP contribution in [-0.2, 0) is 9.84 Å². The molecule has 0 aliphatic heterocycles. The molecule has 156 valence electrons. The Morgan fingerprint density at radius 2 is 1.93 bits per heavy atom. The van der Waals surface area contributed by atoms with Crippen LogP contribution in [0.15, 0.2) is 37.0 Å². The van der Waals surface area contributed by atoms with Gasteiger partial charge in [-0.25, -0.2) is 8.42 Å². The van der Waals surface area contributed by atoms with Crippen molar-refractivity contribution in [1.29, 1.82) is 0 Å². The monoisotopic (exact) mass is 402 g/mol. The summed E-state index contributed by atoms with van der Waals surface area (Å²) in [6.45, 7) is 12.6. The fourth-order valence-electron chi connectivity index (χ4n) is 8.11.